The van der Waals surface area contributed by atoms with E-state index in [-0.39, 0.29) is 5.97 Å². The van der Waals surface area contributed by atoms with Crippen molar-refractivity contribution in [2.24, 2.45) is 0 Å². The predicted molar refractivity (Wildman–Crippen MR) is 101 cm³/mol. The highest BCUT2D eigenvalue weighted by molar-refractivity contribution is 5.69. The Morgan fingerprint density at radius 2 is 1.73 bits per heavy atom. The van der Waals surface area contributed by atoms with E-state index in [1.54, 1.807) is 0 Å². The van der Waals surface area contributed by atoms with Gasteiger partial charge in [0.15, 0.2) is 0 Å². The minimum absolute atomic E-state index is 0.162. The van der Waals surface area contributed by atoms with E-state index < -0.39 is 0 Å². The number of aryl methyl sites for hydroxylation is 1. The second-order valence-corrected chi connectivity index (χ2v) is 5.94. The summed E-state index contributed by atoms with van der Waals surface area (Å²) in [6.45, 7) is 2.79. The average Bonchev–Trinajstić information content (AvgIpc) is 3.15. The van der Waals surface area contributed by atoms with Gasteiger partial charge in [0.25, 0.3) is 0 Å². The van der Waals surface area contributed by atoms with Gasteiger partial charge in [-0.05, 0) is 55.3 Å². The van der Waals surface area contributed by atoms with Gasteiger partial charge < -0.3 is 14.0 Å². The zero-order valence-electron chi connectivity index (χ0n) is 14.9. The molecular weight excluding hydrogens is 326 g/mol. The number of benzene rings is 2. The number of rotatable bonds is 8. The molecule has 1 heterocycles. The second kappa shape index (κ2) is 8.90. The van der Waals surface area contributed by atoms with E-state index in [1.165, 1.54) is 0 Å². The molecule has 0 aliphatic rings. The van der Waals surface area contributed by atoms with Crippen LogP contribution in [0.2, 0.25) is 0 Å². The van der Waals surface area contributed by atoms with Crippen LogP contribution in [0.15, 0.2) is 72.9 Å². The molecule has 4 heteroatoms. The van der Waals surface area contributed by atoms with E-state index in [4.69, 9.17) is 9.47 Å². The zero-order chi connectivity index (χ0) is 18.2. The van der Waals surface area contributed by atoms with Gasteiger partial charge >= 0.3 is 5.97 Å². The lowest BCUT2D eigenvalue weighted by Crippen LogP contribution is -2.07. The number of aromatic nitrogens is 1. The van der Waals surface area contributed by atoms with Crippen LogP contribution in [0.3, 0.4) is 0 Å². The van der Waals surface area contributed by atoms with Crippen LogP contribution >= 0.6 is 0 Å². The maximum atomic E-state index is 11.6. The second-order valence-electron chi connectivity index (χ2n) is 5.94. The zero-order valence-corrected chi connectivity index (χ0v) is 14.9. The Labute approximate surface area is 154 Å². The van der Waals surface area contributed by atoms with Crippen molar-refractivity contribution in [2.45, 2.75) is 26.4 Å². The van der Waals surface area contributed by atoms with E-state index in [9.17, 15) is 4.79 Å². The summed E-state index contributed by atoms with van der Waals surface area (Å²) in [7, 11) is 0. The Morgan fingerprint density at radius 1 is 0.962 bits per heavy atom. The fourth-order valence-electron chi connectivity index (χ4n) is 2.78. The number of ether oxygens (including phenoxy) is 2. The summed E-state index contributed by atoms with van der Waals surface area (Å²) in [5.41, 5.74) is 3.26. The number of nitrogens with zero attached hydrogens (tertiary/aromatic N) is 1. The first kappa shape index (κ1) is 17.8. The van der Waals surface area contributed by atoms with Crippen molar-refractivity contribution in [2.75, 3.05) is 6.61 Å². The Hall–Kier alpha value is -3.01. The molecule has 0 N–H and O–H groups in total. The smallest absolute Gasteiger partial charge is 0.306 e. The van der Waals surface area contributed by atoms with Crippen molar-refractivity contribution in [3.63, 3.8) is 0 Å². The third kappa shape index (κ3) is 4.76. The topological polar surface area (TPSA) is 40.5 Å². The van der Waals surface area contributed by atoms with E-state index >= 15 is 0 Å². The van der Waals surface area contributed by atoms with Crippen molar-refractivity contribution >= 4 is 5.97 Å². The van der Waals surface area contributed by atoms with E-state index in [1.807, 2.05) is 79.9 Å². The van der Waals surface area contributed by atoms with Crippen LogP contribution in [0, 0.1) is 0 Å². The van der Waals surface area contributed by atoms with E-state index in [2.05, 4.69) is 4.57 Å². The number of esters is 1. The maximum Gasteiger partial charge on any atom is 0.306 e. The molecule has 3 rings (SSSR count). The molecule has 0 amide bonds. The molecule has 26 heavy (non-hydrogen) atoms. The van der Waals surface area contributed by atoms with Gasteiger partial charge in [-0.3, -0.25) is 4.79 Å². The first-order valence-corrected chi connectivity index (χ1v) is 8.85. The normalized spacial score (nSPS) is 10.5. The molecule has 0 radical (unpaired) electrons. The van der Waals surface area contributed by atoms with Crippen LogP contribution in [0.4, 0.5) is 0 Å². The fourth-order valence-corrected chi connectivity index (χ4v) is 2.78. The highest BCUT2D eigenvalue weighted by atomic mass is 16.5. The van der Waals surface area contributed by atoms with Gasteiger partial charge in [0.1, 0.15) is 12.4 Å². The largest absolute Gasteiger partial charge is 0.489 e. The molecule has 0 bridgehead atoms. The van der Waals surface area contributed by atoms with Gasteiger partial charge in [0.2, 0.25) is 0 Å². The SMILES string of the molecule is CCOC(=O)CCc1cccn1-c1ccc(OCc2ccccc2)cc1. The van der Waals surface area contributed by atoms with Crippen LogP contribution in [0.1, 0.15) is 24.6 Å². The van der Waals surface area contributed by atoms with Gasteiger partial charge in [-0.2, -0.15) is 0 Å². The highest BCUT2D eigenvalue weighted by Crippen LogP contribution is 2.19. The summed E-state index contributed by atoms with van der Waals surface area (Å²) in [4.78, 5) is 11.6. The molecule has 0 saturated heterocycles. The summed E-state index contributed by atoms with van der Waals surface area (Å²) >= 11 is 0. The monoisotopic (exact) mass is 349 g/mol. The minimum atomic E-state index is -0.162. The lowest BCUT2D eigenvalue weighted by atomic mass is 10.2. The van der Waals surface area contributed by atoms with Gasteiger partial charge in [-0.1, -0.05) is 30.3 Å². The molecular formula is C22H23NO3. The predicted octanol–water partition coefficient (Wildman–Crippen LogP) is 4.55. The molecule has 134 valence electrons. The van der Waals surface area contributed by atoms with Crippen molar-refractivity contribution in [3.8, 4) is 11.4 Å². The van der Waals surface area contributed by atoms with Crippen LogP contribution in [0.25, 0.3) is 5.69 Å². The molecule has 3 aromatic rings. The Kier molecular flexibility index (Phi) is 6.09. The van der Waals surface area contributed by atoms with Crippen LogP contribution < -0.4 is 4.74 Å². The van der Waals surface area contributed by atoms with Crippen molar-refractivity contribution < 1.29 is 14.3 Å². The molecule has 0 aliphatic heterocycles. The van der Waals surface area contributed by atoms with Crippen molar-refractivity contribution in [3.05, 3.63) is 84.2 Å². The summed E-state index contributed by atoms with van der Waals surface area (Å²) in [6.07, 6.45) is 3.04. The van der Waals surface area contributed by atoms with Gasteiger partial charge in [0, 0.05) is 17.6 Å². The highest BCUT2D eigenvalue weighted by Gasteiger charge is 2.08. The third-order valence-electron chi connectivity index (χ3n) is 4.09. The molecule has 1 aromatic heterocycles. The lowest BCUT2D eigenvalue weighted by Gasteiger charge is -2.11. The summed E-state index contributed by atoms with van der Waals surface area (Å²) in [5.74, 6) is 0.669. The van der Waals surface area contributed by atoms with Crippen LogP contribution in [-0.4, -0.2) is 17.1 Å². The molecule has 0 atom stereocenters. The molecule has 2 aromatic carbocycles. The molecule has 0 spiro atoms. The third-order valence-corrected chi connectivity index (χ3v) is 4.09. The summed E-state index contributed by atoms with van der Waals surface area (Å²) < 4.78 is 12.9. The molecule has 0 fully saturated rings. The van der Waals surface area contributed by atoms with E-state index in [0.29, 0.717) is 26.1 Å². The van der Waals surface area contributed by atoms with Crippen molar-refractivity contribution in [1.82, 2.24) is 4.57 Å². The number of carbonyl (C=O) groups excluding carboxylic acids is 1. The van der Waals surface area contributed by atoms with Crippen LogP contribution in [0.5, 0.6) is 5.75 Å². The molecule has 0 saturated carbocycles. The Balaban J connectivity index is 1.62. The summed E-state index contributed by atoms with van der Waals surface area (Å²) in [5, 5.41) is 0. The quantitative estimate of drug-likeness (QED) is 0.560. The van der Waals surface area contributed by atoms with Crippen LogP contribution in [-0.2, 0) is 22.6 Å². The number of hydrogen-bond donors (Lipinski definition) is 0. The Morgan fingerprint density at radius 3 is 2.46 bits per heavy atom. The summed E-state index contributed by atoms with van der Waals surface area (Å²) in [6, 6.07) is 22.1. The number of carbonyl (C=O) groups is 1. The lowest BCUT2D eigenvalue weighted by molar-refractivity contribution is -0.143. The molecule has 0 unspecified atom stereocenters. The average molecular weight is 349 g/mol. The van der Waals surface area contributed by atoms with E-state index in [0.717, 1.165) is 22.7 Å². The first-order chi connectivity index (χ1) is 12.8. The Bertz CT molecular complexity index is 822. The van der Waals surface area contributed by atoms with Gasteiger partial charge in [-0.25, -0.2) is 0 Å². The number of hydrogen-bond acceptors (Lipinski definition) is 3. The standard InChI is InChI=1S/C22H23NO3/c1-2-25-22(24)15-12-19-9-6-16-23(19)20-10-13-21(14-11-20)26-17-18-7-4-3-5-8-18/h3-11,13-14,16H,2,12,15,17H2,1H3. The minimum Gasteiger partial charge on any atom is -0.489 e. The maximum absolute atomic E-state index is 11.6. The van der Waals surface area contributed by atoms with Gasteiger partial charge in [-0.15, -0.1) is 0 Å². The molecule has 0 aliphatic carbocycles. The van der Waals surface area contributed by atoms with Crippen molar-refractivity contribution in [1.29, 1.82) is 0 Å². The fraction of sp³-hybridized carbons (Fsp3) is 0.227. The first-order valence-electron chi connectivity index (χ1n) is 8.85. The molecule has 4 nitrogen and oxygen atoms in total. The van der Waals surface area contributed by atoms with Gasteiger partial charge in [0.05, 0.1) is 13.0 Å².